The van der Waals surface area contributed by atoms with Crippen LogP contribution in [0.15, 0.2) is 24.3 Å². The molecule has 152 valence electrons. The lowest BCUT2D eigenvalue weighted by Gasteiger charge is -2.19. The Morgan fingerprint density at radius 1 is 0.852 bits per heavy atom. The number of unbranched alkanes of at least 4 members (excludes halogenated alkanes) is 6. The molecule has 1 aromatic carbocycles. The Hall–Kier alpha value is -1.84. The van der Waals surface area contributed by atoms with Gasteiger partial charge < -0.3 is 9.84 Å². The lowest BCUT2D eigenvalue weighted by atomic mass is 10.00. The largest absolute Gasteiger partial charge is 0.478 e. The van der Waals surface area contributed by atoms with Crippen molar-refractivity contribution < 1.29 is 19.4 Å². The first-order chi connectivity index (χ1) is 12.9. The standard InChI is InChI=1S/C23H36O4/c1-4-5-6-7-8-9-10-11-21(17-12-18(2)3)27-23(26)20-15-13-19(14-16-20)22(24)25/h13-16,18,21H,4-12,17H2,1-3H3,(H,24,25). The quantitative estimate of drug-likeness (QED) is 0.298. The lowest BCUT2D eigenvalue weighted by Crippen LogP contribution is -2.19. The van der Waals surface area contributed by atoms with Crippen LogP contribution < -0.4 is 0 Å². The Morgan fingerprint density at radius 2 is 1.41 bits per heavy atom. The molecule has 1 rings (SSSR count). The van der Waals surface area contributed by atoms with Gasteiger partial charge in [0.05, 0.1) is 11.1 Å². The van der Waals surface area contributed by atoms with Crippen LogP contribution in [0.3, 0.4) is 0 Å². The van der Waals surface area contributed by atoms with Gasteiger partial charge in [0.2, 0.25) is 0 Å². The lowest BCUT2D eigenvalue weighted by molar-refractivity contribution is 0.0242. The number of carbonyl (C=O) groups excluding carboxylic acids is 1. The number of ether oxygens (including phenoxy) is 1. The molecule has 1 aromatic rings. The second-order valence-corrected chi connectivity index (χ2v) is 7.79. The van der Waals surface area contributed by atoms with Crippen LogP contribution in [-0.4, -0.2) is 23.1 Å². The second-order valence-electron chi connectivity index (χ2n) is 7.79. The molecule has 0 bridgehead atoms. The SMILES string of the molecule is CCCCCCCCCC(CCC(C)C)OC(=O)c1ccc(C(=O)O)cc1. The molecule has 0 amide bonds. The molecule has 0 saturated heterocycles. The van der Waals surface area contributed by atoms with Gasteiger partial charge in [-0.15, -0.1) is 0 Å². The van der Waals surface area contributed by atoms with Gasteiger partial charge in [-0.25, -0.2) is 9.59 Å². The molecule has 0 saturated carbocycles. The Labute approximate surface area is 164 Å². The molecule has 0 radical (unpaired) electrons. The molecule has 1 N–H and O–H groups in total. The number of esters is 1. The molecule has 27 heavy (non-hydrogen) atoms. The number of carboxylic acid groups (broad SMARTS) is 1. The van der Waals surface area contributed by atoms with E-state index in [-0.39, 0.29) is 17.6 Å². The third-order valence-electron chi connectivity index (χ3n) is 4.84. The summed E-state index contributed by atoms with van der Waals surface area (Å²) >= 11 is 0. The molecular weight excluding hydrogens is 340 g/mol. The first-order valence-electron chi connectivity index (χ1n) is 10.5. The van der Waals surface area contributed by atoms with E-state index in [9.17, 15) is 9.59 Å². The maximum atomic E-state index is 12.4. The fourth-order valence-corrected chi connectivity index (χ4v) is 3.08. The topological polar surface area (TPSA) is 63.6 Å². The van der Waals surface area contributed by atoms with E-state index in [1.165, 1.54) is 62.8 Å². The van der Waals surface area contributed by atoms with Crippen molar-refractivity contribution in [3.8, 4) is 0 Å². The zero-order valence-electron chi connectivity index (χ0n) is 17.2. The minimum Gasteiger partial charge on any atom is -0.478 e. The summed E-state index contributed by atoms with van der Waals surface area (Å²) in [6.07, 6.45) is 11.5. The van der Waals surface area contributed by atoms with Gasteiger partial charge in [0, 0.05) is 0 Å². The zero-order valence-corrected chi connectivity index (χ0v) is 17.2. The zero-order chi connectivity index (χ0) is 20.1. The maximum absolute atomic E-state index is 12.4. The van der Waals surface area contributed by atoms with Crippen molar-refractivity contribution in [1.29, 1.82) is 0 Å². The van der Waals surface area contributed by atoms with Crippen molar-refractivity contribution in [2.75, 3.05) is 0 Å². The van der Waals surface area contributed by atoms with Crippen molar-refractivity contribution in [2.24, 2.45) is 5.92 Å². The van der Waals surface area contributed by atoms with Gasteiger partial charge in [0.15, 0.2) is 0 Å². The predicted octanol–water partition coefficient (Wildman–Crippen LogP) is 6.49. The summed E-state index contributed by atoms with van der Waals surface area (Å²) in [7, 11) is 0. The highest BCUT2D eigenvalue weighted by molar-refractivity contribution is 5.92. The number of hydrogen-bond acceptors (Lipinski definition) is 3. The summed E-state index contributed by atoms with van der Waals surface area (Å²) < 4.78 is 5.75. The van der Waals surface area contributed by atoms with Crippen molar-refractivity contribution in [1.82, 2.24) is 0 Å². The third-order valence-corrected chi connectivity index (χ3v) is 4.84. The molecular formula is C23H36O4. The van der Waals surface area contributed by atoms with E-state index < -0.39 is 5.97 Å². The van der Waals surface area contributed by atoms with E-state index >= 15 is 0 Å². The van der Waals surface area contributed by atoms with E-state index in [1.54, 1.807) is 0 Å². The molecule has 0 fully saturated rings. The summed E-state index contributed by atoms with van der Waals surface area (Å²) in [6.45, 7) is 6.58. The number of carbonyl (C=O) groups is 2. The first-order valence-corrected chi connectivity index (χ1v) is 10.5. The molecule has 4 heteroatoms. The molecule has 0 aliphatic heterocycles. The molecule has 0 aromatic heterocycles. The fraction of sp³-hybridized carbons (Fsp3) is 0.652. The minimum absolute atomic E-state index is 0.0605. The highest BCUT2D eigenvalue weighted by Crippen LogP contribution is 2.19. The highest BCUT2D eigenvalue weighted by Gasteiger charge is 2.17. The van der Waals surface area contributed by atoms with Gasteiger partial charge >= 0.3 is 11.9 Å². The summed E-state index contributed by atoms with van der Waals surface area (Å²) in [4.78, 5) is 23.3. The van der Waals surface area contributed by atoms with E-state index in [4.69, 9.17) is 9.84 Å². The van der Waals surface area contributed by atoms with Crippen LogP contribution in [0.25, 0.3) is 0 Å². The van der Waals surface area contributed by atoms with Crippen molar-refractivity contribution in [2.45, 2.75) is 91.1 Å². The van der Waals surface area contributed by atoms with E-state index in [0.717, 1.165) is 25.7 Å². The Morgan fingerprint density at radius 3 is 1.96 bits per heavy atom. The second kappa shape index (κ2) is 13.3. The van der Waals surface area contributed by atoms with Crippen LogP contribution in [-0.2, 0) is 4.74 Å². The minimum atomic E-state index is -0.997. The van der Waals surface area contributed by atoms with Crippen LogP contribution in [0.1, 0.15) is 106 Å². The molecule has 0 spiro atoms. The monoisotopic (exact) mass is 376 g/mol. The van der Waals surface area contributed by atoms with Crippen molar-refractivity contribution in [3.05, 3.63) is 35.4 Å². The number of carboxylic acids is 1. The summed E-state index contributed by atoms with van der Waals surface area (Å²) in [5, 5.41) is 8.95. The average Bonchev–Trinajstić information content (AvgIpc) is 2.65. The number of hydrogen-bond donors (Lipinski definition) is 1. The average molecular weight is 377 g/mol. The van der Waals surface area contributed by atoms with Crippen LogP contribution in [0.4, 0.5) is 0 Å². The van der Waals surface area contributed by atoms with Gasteiger partial charge in [-0.1, -0.05) is 59.3 Å². The van der Waals surface area contributed by atoms with E-state index in [2.05, 4.69) is 20.8 Å². The van der Waals surface area contributed by atoms with E-state index in [0.29, 0.717) is 11.5 Å². The number of aromatic carboxylic acids is 1. The molecule has 0 heterocycles. The normalized spacial score (nSPS) is 12.1. The van der Waals surface area contributed by atoms with Gasteiger partial charge in [-0.3, -0.25) is 0 Å². The van der Waals surface area contributed by atoms with Gasteiger partial charge in [0.25, 0.3) is 0 Å². The maximum Gasteiger partial charge on any atom is 0.338 e. The van der Waals surface area contributed by atoms with Gasteiger partial charge in [-0.05, 0) is 55.9 Å². The Kier molecular flexibility index (Phi) is 11.5. The Bertz CT molecular complexity index is 548. The third kappa shape index (κ3) is 10.2. The smallest absolute Gasteiger partial charge is 0.338 e. The molecule has 0 aliphatic rings. The van der Waals surface area contributed by atoms with Crippen molar-refractivity contribution >= 4 is 11.9 Å². The van der Waals surface area contributed by atoms with Gasteiger partial charge in [-0.2, -0.15) is 0 Å². The molecule has 1 unspecified atom stereocenters. The Balaban J connectivity index is 2.49. The van der Waals surface area contributed by atoms with E-state index in [1.807, 2.05) is 0 Å². The summed E-state index contributed by atoms with van der Waals surface area (Å²) in [5.74, 6) is -0.776. The fourth-order valence-electron chi connectivity index (χ4n) is 3.08. The highest BCUT2D eigenvalue weighted by atomic mass is 16.5. The summed E-state index contributed by atoms with van der Waals surface area (Å²) in [6, 6.07) is 5.94. The molecule has 0 aliphatic carbocycles. The van der Waals surface area contributed by atoms with Crippen LogP contribution in [0.5, 0.6) is 0 Å². The van der Waals surface area contributed by atoms with Crippen molar-refractivity contribution in [3.63, 3.8) is 0 Å². The van der Waals surface area contributed by atoms with Gasteiger partial charge in [0.1, 0.15) is 6.10 Å². The number of benzene rings is 1. The molecule has 4 nitrogen and oxygen atoms in total. The van der Waals surface area contributed by atoms with Crippen LogP contribution in [0.2, 0.25) is 0 Å². The molecule has 1 atom stereocenters. The number of rotatable bonds is 14. The van der Waals surface area contributed by atoms with Crippen LogP contribution >= 0.6 is 0 Å². The summed E-state index contributed by atoms with van der Waals surface area (Å²) in [5.41, 5.74) is 0.583. The predicted molar refractivity (Wildman–Crippen MR) is 109 cm³/mol. The van der Waals surface area contributed by atoms with Crippen LogP contribution in [0, 0.1) is 5.92 Å². The first kappa shape index (κ1) is 23.2.